The van der Waals surface area contributed by atoms with Gasteiger partial charge in [-0.1, -0.05) is 18.2 Å². The topological polar surface area (TPSA) is 79.4 Å². The van der Waals surface area contributed by atoms with E-state index in [0.29, 0.717) is 16.9 Å². The van der Waals surface area contributed by atoms with Crippen molar-refractivity contribution in [3.05, 3.63) is 66.4 Å². The molecule has 3 aromatic rings. The van der Waals surface area contributed by atoms with E-state index in [0.717, 1.165) is 10.9 Å². The van der Waals surface area contributed by atoms with Gasteiger partial charge >= 0.3 is 0 Å². The number of rotatable bonds is 6. The molecule has 0 bridgehead atoms. The van der Waals surface area contributed by atoms with Gasteiger partial charge in [0.2, 0.25) is 11.8 Å². The van der Waals surface area contributed by atoms with Gasteiger partial charge in [0.1, 0.15) is 0 Å². The fraction of sp³-hybridized carbons (Fsp3) is 0.182. The Morgan fingerprint density at radius 2 is 1.68 bits per heavy atom. The molecule has 0 saturated heterocycles. The van der Waals surface area contributed by atoms with E-state index in [1.807, 2.05) is 24.3 Å². The van der Waals surface area contributed by atoms with Crippen LogP contribution in [0.5, 0.6) is 0 Å². The third-order valence-corrected chi connectivity index (χ3v) is 4.43. The van der Waals surface area contributed by atoms with Gasteiger partial charge in [0.25, 0.3) is 0 Å². The third-order valence-electron chi connectivity index (χ3n) is 4.43. The van der Waals surface area contributed by atoms with Crippen LogP contribution in [0.25, 0.3) is 10.9 Å². The molecule has 6 nitrogen and oxygen atoms in total. The maximum atomic E-state index is 12.4. The van der Waals surface area contributed by atoms with Crippen molar-refractivity contribution in [3.8, 4) is 0 Å². The summed E-state index contributed by atoms with van der Waals surface area (Å²) in [6, 6.07) is 16.1. The molecule has 1 aromatic heterocycles. The van der Waals surface area contributed by atoms with Gasteiger partial charge in [-0.05, 0) is 43.3 Å². The second-order valence-corrected chi connectivity index (χ2v) is 6.45. The predicted octanol–water partition coefficient (Wildman–Crippen LogP) is 3.82. The van der Waals surface area contributed by atoms with E-state index in [1.165, 1.54) is 18.7 Å². The quantitative estimate of drug-likeness (QED) is 0.664. The Balaban J connectivity index is 1.69. The minimum atomic E-state index is -0.204. The van der Waals surface area contributed by atoms with E-state index in [4.69, 9.17) is 0 Å². The van der Waals surface area contributed by atoms with Gasteiger partial charge in [-0.15, -0.1) is 0 Å². The molecule has 0 spiro atoms. The number of nitrogens with one attached hydrogen (secondary N) is 1. The first-order valence-corrected chi connectivity index (χ1v) is 8.98. The van der Waals surface area contributed by atoms with Crippen LogP contribution >= 0.6 is 0 Å². The zero-order valence-electron chi connectivity index (χ0n) is 15.8. The van der Waals surface area contributed by atoms with Gasteiger partial charge in [-0.2, -0.15) is 0 Å². The van der Waals surface area contributed by atoms with Crippen LogP contribution in [0.4, 0.5) is 11.4 Å². The summed E-state index contributed by atoms with van der Waals surface area (Å²) in [5.41, 5.74) is 2.59. The molecule has 2 aromatic carbocycles. The molecular weight excluding hydrogens is 354 g/mol. The van der Waals surface area contributed by atoms with Crippen molar-refractivity contribution >= 4 is 39.9 Å². The smallest absolute Gasteiger partial charge is 0.226 e. The summed E-state index contributed by atoms with van der Waals surface area (Å²) in [5, 5.41) is 3.81. The summed E-state index contributed by atoms with van der Waals surface area (Å²) in [4.78, 5) is 41.7. The number of hydrogen-bond acceptors (Lipinski definition) is 4. The number of carbonyl (C=O) groups is 3. The molecule has 6 heteroatoms. The molecule has 1 heterocycles. The zero-order chi connectivity index (χ0) is 20.1. The van der Waals surface area contributed by atoms with Crippen LogP contribution in [-0.2, 0) is 9.59 Å². The van der Waals surface area contributed by atoms with E-state index in [1.54, 1.807) is 36.5 Å². The summed E-state index contributed by atoms with van der Waals surface area (Å²) < 4.78 is 0. The zero-order valence-corrected chi connectivity index (χ0v) is 15.8. The van der Waals surface area contributed by atoms with Crippen molar-refractivity contribution < 1.29 is 14.4 Å². The van der Waals surface area contributed by atoms with Crippen molar-refractivity contribution in [2.75, 3.05) is 16.8 Å². The summed E-state index contributed by atoms with van der Waals surface area (Å²) in [6.45, 7) is 3.18. The largest absolute Gasteiger partial charge is 0.324 e. The maximum Gasteiger partial charge on any atom is 0.226 e. The van der Waals surface area contributed by atoms with Crippen LogP contribution in [0.2, 0.25) is 0 Å². The second-order valence-electron chi connectivity index (χ2n) is 6.45. The Morgan fingerprint density at radius 1 is 0.964 bits per heavy atom. The van der Waals surface area contributed by atoms with Crippen molar-refractivity contribution in [1.29, 1.82) is 0 Å². The van der Waals surface area contributed by atoms with Crippen LogP contribution in [-0.4, -0.2) is 29.1 Å². The number of Topliss-reactive ketones (excluding diaryl/α,β-unsaturated/α-hetero) is 1. The summed E-state index contributed by atoms with van der Waals surface area (Å²) >= 11 is 0. The minimum Gasteiger partial charge on any atom is -0.324 e. The number of aromatic nitrogens is 1. The van der Waals surface area contributed by atoms with Crippen LogP contribution in [0.1, 0.15) is 30.6 Å². The molecular formula is C22H21N3O3. The number of para-hydroxylation sites is 1. The molecule has 1 N–H and O–H groups in total. The summed E-state index contributed by atoms with van der Waals surface area (Å²) in [5.74, 6) is -0.413. The molecule has 142 valence electrons. The molecule has 0 aliphatic carbocycles. The van der Waals surface area contributed by atoms with E-state index in [-0.39, 0.29) is 30.6 Å². The van der Waals surface area contributed by atoms with E-state index < -0.39 is 0 Å². The monoisotopic (exact) mass is 375 g/mol. The molecule has 2 amide bonds. The number of hydrogen-bond donors (Lipinski definition) is 1. The molecule has 0 atom stereocenters. The van der Waals surface area contributed by atoms with E-state index in [9.17, 15) is 14.4 Å². The van der Waals surface area contributed by atoms with E-state index in [2.05, 4.69) is 10.3 Å². The number of amides is 2. The highest BCUT2D eigenvalue weighted by atomic mass is 16.2. The van der Waals surface area contributed by atoms with Gasteiger partial charge in [0.15, 0.2) is 5.78 Å². The molecule has 0 saturated carbocycles. The molecule has 28 heavy (non-hydrogen) atoms. The SMILES string of the molecule is CC(=O)c1ccc(N(CCC(=O)Nc2cccc3cccnc23)C(C)=O)cc1. The van der Waals surface area contributed by atoms with E-state index >= 15 is 0 Å². The summed E-state index contributed by atoms with van der Waals surface area (Å²) in [6.07, 6.45) is 1.82. The lowest BCUT2D eigenvalue weighted by molar-refractivity contribution is -0.117. The Kier molecular flexibility index (Phi) is 5.79. The molecule has 0 unspecified atom stereocenters. The number of nitrogens with zero attached hydrogens (tertiary/aromatic N) is 2. The third kappa shape index (κ3) is 4.40. The first-order valence-electron chi connectivity index (χ1n) is 8.98. The standard InChI is InChI=1S/C22H21N3O3/c1-15(26)17-8-10-19(11-9-17)25(16(2)27)14-12-21(28)24-20-7-3-5-18-6-4-13-23-22(18)20/h3-11,13H,12,14H2,1-2H3,(H,24,28). The second kappa shape index (κ2) is 8.43. The van der Waals surface area contributed by atoms with Crippen molar-refractivity contribution in [1.82, 2.24) is 4.98 Å². The van der Waals surface area contributed by atoms with Crippen molar-refractivity contribution in [2.24, 2.45) is 0 Å². The maximum absolute atomic E-state index is 12.4. The molecule has 0 aliphatic rings. The number of anilines is 2. The molecule has 0 fully saturated rings. The number of pyridine rings is 1. The lowest BCUT2D eigenvalue weighted by Crippen LogP contribution is -2.32. The van der Waals surface area contributed by atoms with Crippen LogP contribution < -0.4 is 10.2 Å². The molecule has 0 radical (unpaired) electrons. The van der Waals surface area contributed by atoms with Gasteiger partial charge in [-0.3, -0.25) is 19.4 Å². The van der Waals surface area contributed by atoms with Crippen molar-refractivity contribution in [3.63, 3.8) is 0 Å². The fourth-order valence-corrected chi connectivity index (χ4v) is 2.98. The Hall–Kier alpha value is -3.54. The lowest BCUT2D eigenvalue weighted by atomic mass is 10.1. The van der Waals surface area contributed by atoms with Gasteiger partial charge in [-0.25, -0.2) is 0 Å². The fourth-order valence-electron chi connectivity index (χ4n) is 2.98. The van der Waals surface area contributed by atoms with Crippen LogP contribution in [0.3, 0.4) is 0 Å². The molecule has 3 rings (SSSR count). The van der Waals surface area contributed by atoms with Gasteiger partial charge < -0.3 is 10.2 Å². The van der Waals surface area contributed by atoms with Crippen LogP contribution in [0, 0.1) is 0 Å². The average Bonchev–Trinajstić information content (AvgIpc) is 2.68. The number of fused-ring (bicyclic) bond motifs is 1. The Morgan fingerprint density at radius 3 is 2.36 bits per heavy atom. The summed E-state index contributed by atoms with van der Waals surface area (Å²) in [7, 11) is 0. The Labute approximate surface area is 163 Å². The van der Waals surface area contributed by atoms with Crippen LogP contribution in [0.15, 0.2) is 60.8 Å². The van der Waals surface area contributed by atoms with Gasteiger partial charge in [0, 0.05) is 42.7 Å². The normalized spacial score (nSPS) is 10.5. The Bertz CT molecular complexity index is 1020. The lowest BCUT2D eigenvalue weighted by Gasteiger charge is -2.21. The number of carbonyl (C=O) groups excluding carboxylic acids is 3. The minimum absolute atomic E-state index is 0.0380. The number of ketones is 1. The highest BCUT2D eigenvalue weighted by molar-refractivity contribution is 6.01. The first-order chi connectivity index (χ1) is 13.5. The molecule has 0 aliphatic heterocycles. The highest BCUT2D eigenvalue weighted by Gasteiger charge is 2.15. The number of benzene rings is 2. The van der Waals surface area contributed by atoms with Gasteiger partial charge in [0.05, 0.1) is 11.2 Å². The first kappa shape index (κ1) is 19.2. The van der Waals surface area contributed by atoms with Crippen molar-refractivity contribution in [2.45, 2.75) is 20.3 Å². The average molecular weight is 375 g/mol. The predicted molar refractivity (Wildman–Crippen MR) is 109 cm³/mol. The highest BCUT2D eigenvalue weighted by Crippen LogP contribution is 2.21.